The fourth-order valence-corrected chi connectivity index (χ4v) is 3.04. The second-order valence-corrected chi connectivity index (χ2v) is 6.87. The van der Waals surface area contributed by atoms with E-state index in [1.165, 1.54) is 0 Å². The number of hydrogen-bond donors (Lipinski definition) is 2. The molecule has 2 heterocycles. The molecule has 140 valence electrons. The molecule has 1 fully saturated rings. The second-order valence-electron chi connectivity index (χ2n) is 6.87. The first-order valence-corrected chi connectivity index (χ1v) is 8.92. The molecule has 1 atom stereocenters. The van der Waals surface area contributed by atoms with E-state index < -0.39 is 0 Å². The van der Waals surface area contributed by atoms with Gasteiger partial charge in [-0.2, -0.15) is 0 Å². The summed E-state index contributed by atoms with van der Waals surface area (Å²) in [6, 6.07) is 3.71. The molecule has 1 aliphatic heterocycles. The lowest BCUT2D eigenvalue weighted by Gasteiger charge is -2.43. The quantitative estimate of drug-likeness (QED) is 0.780. The van der Waals surface area contributed by atoms with Crippen molar-refractivity contribution >= 4 is 11.8 Å². The molecule has 1 aromatic rings. The maximum atomic E-state index is 12.2. The molecule has 0 spiro atoms. The van der Waals surface area contributed by atoms with Crippen LogP contribution in [0.5, 0.6) is 0 Å². The number of carbonyl (C=O) groups excluding carboxylic acids is 1. The van der Waals surface area contributed by atoms with E-state index in [9.17, 15) is 4.79 Å². The molecule has 1 saturated heterocycles. The first-order chi connectivity index (χ1) is 12.0. The largest absolute Gasteiger partial charge is 0.379 e. The Bertz CT molecular complexity index is 560. The second kappa shape index (κ2) is 9.01. The number of carbonyl (C=O) groups is 1. The van der Waals surface area contributed by atoms with E-state index in [4.69, 9.17) is 4.74 Å². The number of urea groups is 1. The molecule has 0 saturated carbocycles. The fourth-order valence-electron chi connectivity index (χ4n) is 3.04. The maximum Gasteiger partial charge on any atom is 0.315 e. The number of rotatable bonds is 7. The molecule has 0 unspecified atom stereocenters. The summed E-state index contributed by atoms with van der Waals surface area (Å²) in [5.74, 6) is 0.870. The lowest BCUT2D eigenvalue weighted by atomic mass is 9.95. The van der Waals surface area contributed by atoms with E-state index in [0.717, 1.165) is 44.1 Å². The number of nitrogens with one attached hydrogen (secondary N) is 2. The predicted octanol–water partition coefficient (Wildman–Crippen LogP) is 1.45. The summed E-state index contributed by atoms with van der Waals surface area (Å²) >= 11 is 0. The van der Waals surface area contributed by atoms with E-state index in [-0.39, 0.29) is 11.6 Å². The van der Waals surface area contributed by atoms with Crippen LogP contribution < -0.4 is 15.5 Å². The summed E-state index contributed by atoms with van der Waals surface area (Å²) < 4.78 is 5.43. The van der Waals surface area contributed by atoms with Gasteiger partial charge in [-0.3, -0.25) is 4.90 Å². The molecule has 1 aromatic heterocycles. The van der Waals surface area contributed by atoms with Crippen LogP contribution in [0.4, 0.5) is 10.6 Å². The van der Waals surface area contributed by atoms with Crippen LogP contribution in [0.2, 0.25) is 0 Å². The summed E-state index contributed by atoms with van der Waals surface area (Å²) in [4.78, 5) is 20.9. The van der Waals surface area contributed by atoms with Gasteiger partial charge in [0.25, 0.3) is 0 Å². The van der Waals surface area contributed by atoms with Crippen molar-refractivity contribution in [3.8, 4) is 0 Å². The van der Waals surface area contributed by atoms with Crippen molar-refractivity contribution in [2.45, 2.75) is 32.4 Å². The minimum absolute atomic E-state index is 0.0514. The van der Waals surface area contributed by atoms with Crippen LogP contribution in [0.15, 0.2) is 18.3 Å². The number of amides is 2. The van der Waals surface area contributed by atoms with Gasteiger partial charge in [-0.05, 0) is 19.4 Å². The van der Waals surface area contributed by atoms with Gasteiger partial charge in [0.15, 0.2) is 0 Å². The Morgan fingerprint density at radius 1 is 1.36 bits per heavy atom. The first kappa shape index (κ1) is 19.5. The molecular formula is C18H31N5O2. The average Bonchev–Trinajstić information content (AvgIpc) is 2.65. The van der Waals surface area contributed by atoms with Gasteiger partial charge in [-0.1, -0.05) is 13.0 Å². The molecule has 2 amide bonds. The van der Waals surface area contributed by atoms with Gasteiger partial charge in [-0.15, -0.1) is 0 Å². The Morgan fingerprint density at radius 3 is 2.72 bits per heavy atom. The summed E-state index contributed by atoms with van der Waals surface area (Å²) in [6.07, 6.45) is 2.73. The standard InChI is InChI=1S/C18H31N5O2/c1-5-18(2,23-9-11-25-12-10-23)14-21-17(24)20-13-15-7-6-8-19-16(15)22(3)4/h6-8H,5,9-14H2,1-4H3,(H2,20,21,24)/t18-/m0/s1. The van der Waals surface area contributed by atoms with Gasteiger partial charge in [0.2, 0.25) is 0 Å². The molecule has 1 aliphatic rings. The molecule has 0 aliphatic carbocycles. The highest BCUT2D eigenvalue weighted by atomic mass is 16.5. The van der Waals surface area contributed by atoms with Crippen LogP contribution in [0.1, 0.15) is 25.8 Å². The third-order valence-corrected chi connectivity index (χ3v) is 4.90. The number of morpholine rings is 1. The number of aromatic nitrogens is 1. The highest BCUT2D eigenvalue weighted by molar-refractivity contribution is 5.74. The maximum absolute atomic E-state index is 12.2. The van der Waals surface area contributed by atoms with Gasteiger partial charge < -0.3 is 20.3 Å². The van der Waals surface area contributed by atoms with E-state index in [1.807, 2.05) is 31.1 Å². The Labute approximate surface area is 150 Å². The molecule has 0 radical (unpaired) electrons. The Kier molecular flexibility index (Phi) is 7.01. The average molecular weight is 349 g/mol. The number of nitrogens with zero attached hydrogens (tertiary/aromatic N) is 3. The van der Waals surface area contributed by atoms with Crippen LogP contribution in [-0.2, 0) is 11.3 Å². The van der Waals surface area contributed by atoms with Crippen molar-refractivity contribution in [1.29, 1.82) is 0 Å². The van der Waals surface area contributed by atoms with E-state index in [1.54, 1.807) is 6.20 Å². The van der Waals surface area contributed by atoms with Gasteiger partial charge in [0.1, 0.15) is 5.82 Å². The van der Waals surface area contributed by atoms with Crippen molar-refractivity contribution < 1.29 is 9.53 Å². The van der Waals surface area contributed by atoms with Crippen molar-refractivity contribution in [2.75, 3.05) is 51.8 Å². The highest BCUT2D eigenvalue weighted by Crippen LogP contribution is 2.20. The van der Waals surface area contributed by atoms with Crippen LogP contribution in [0.3, 0.4) is 0 Å². The Morgan fingerprint density at radius 2 is 2.08 bits per heavy atom. The topological polar surface area (TPSA) is 69.7 Å². The molecule has 2 rings (SSSR count). The van der Waals surface area contributed by atoms with Crippen molar-refractivity contribution in [1.82, 2.24) is 20.5 Å². The molecule has 0 aromatic carbocycles. The first-order valence-electron chi connectivity index (χ1n) is 8.92. The highest BCUT2D eigenvalue weighted by Gasteiger charge is 2.31. The lowest BCUT2D eigenvalue weighted by Crippen LogP contribution is -2.57. The Hall–Kier alpha value is -1.86. The van der Waals surface area contributed by atoms with Crippen molar-refractivity contribution in [3.05, 3.63) is 23.9 Å². The van der Waals surface area contributed by atoms with Crippen LogP contribution in [-0.4, -0.2) is 68.4 Å². The van der Waals surface area contributed by atoms with Gasteiger partial charge in [0.05, 0.1) is 13.2 Å². The van der Waals surface area contributed by atoms with Crippen molar-refractivity contribution in [3.63, 3.8) is 0 Å². The SMILES string of the molecule is CC[C@@](C)(CNC(=O)NCc1cccnc1N(C)C)N1CCOCC1. The van der Waals surface area contributed by atoms with E-state index in [2.05, 4.69) is 34.4 Å². The van der Waals surface area contributed by atoms with E-state index >= 15 is 0 Å². The van der Waals surface area contributed by atoms with Crippen LogP contribution in [0, 0.1) is 0 Å². The fraction of sp³-hybridized carbons (Fsp3) is 0.667. The molecule has 0 bridgehead atoms. The third-order valence-electron chi connectivity index (χ3n) is 4.90. The molecular weight excluding hydrogens is 318 g/mol. The number of pyridine rings is 1. The molecule has 2 N–H and O–H groups in total. The lowest BCUT2D eigenvalue weighted by molar-refractivity contribution is -0.0165. The zero-order valence-corrected chi connectivity index (χ0v) is 15.8. The summed E-state index contributed by atoms with van der Waals surface area (Å²) in [5.41, 5.74) is 0.943. The van der Waals surface area contributed by atoms with Crippen LogP contribution in [0.25, 0.3) is 0 Å². The molecule has 25 heavy (non-hydrogen) atoms. The minimum Gasteiger partial charge on any atom is -0.379 e. The Balaban J connectivity index is 1.85. The number of anilines is 1. The normalized spacial score (nSPS) is 17.6. The number of hydrogen-bond acceptors (Lipinski definition) is 5. The zero-order valence-electron chi connectivity index (χ0n) is 15.8. The van der Waals surface area contributed by atoms with Gasteiger partial charge in [-0.25, -0.2) is 9.78 Å². The summed E-state index contributed by atoms with van der Waals surface area (Å²) in [6.45, 7) is 8.77. The molecule has 7 heteroatoms. The smallest absolute Gasteiger partial charge is 0.315 e. The van der Waals surface area contributed by atoms with Crippen molar-refractivity contribution in [2.24, 2.45) is 0 Å². The monoisotopic (exact) mass is 349 g/mol. The van der Waals surface area contributed by atoms with Crippen LogP contribution >= 0.6 is 0 Å². The third kappa shape index (κ3) is 5.31. The predicted molar refractivity (Wildman–Crippen MR) is 99.9 cm³/mol. The van der Waals surface area contributed by atoms with E-state index in [0.29, 0.717) is 13.1 Å². The minimum atomic E-state index is -0.151. The summed E-state index contributed by atoms with van der Waals surface area (Å²) in [7, 11) is 3.89. The zero-order chi connectivity index (χ0) is 18.3. The van der Waals surface area contributed by atoms with Gasteiger partial charge >= 0.3 is 6.03 Å². The van der Waals surface area contributed by atoms with Gasteiger partial charge in [0, 0.05) is 57.6 Å². The number of ether oxygens (including phenoxy) is 1. The molecule has 7 nitrogen and oxygen atoms in total. The summed E-state index contributed by atoms with van der Waals surface area (Å²) in [5, 5.41) is 5.96.